The van der Waals surface area contributed by atoms with Crippen molar-refractivity contribution in [3.8, 4) is 5.75 Å². The predicted molar refractivity (Wildman–Crippen MR) is 71.5 cm³/mol. The molecule has 0 bridgehead atoms. The molecular formula is C15H20O4. The average molecular weight is 264 g/mol. The van der Waals surface area contributed by atoms with Crippen molar-refractivity contribution in [2.45, 2.75) is 37.7 Å². The largest absolute Gasteiger partial charge is 0.497 e. The number of benzene rings is 1. The lowest BCUT2D eigenvalue weighted by atomic mass is 9.76. The third-order valence-corrected chi connectivity index (χ3v) is 4.00. The monoisotopic (exact) mass is 264 g/mol. The van der Waals surface area contributed by atoms with Crippen molar-refractivity contribution >= 4 is 5.97 Å². The molecule has 19 heavy (non-hydrogen) atoms. The molecule has 1 aromatic rings. The van der Waals surface area contributed by atoms with Crippen LogP contribution in [0.4, 0.5) is 0 Å². The lowest BCUT2D eigenvalue weighted by Crippen LogP contribution is -2.33. The number of rotatable bonds is 5. The lowest BCUT2D eigenvalue weighted by molar-refractivity contribution is -0.143. The van der Waals surface area contributed by atoms with E-state index in [1.54, 1.807) is 14.2 Å². The van der Waals surface area contributed by atoms with Gasteiger partial charge in [0.2, 0.25) is 0 Å². The Bertz CT molecular complexity index is 461. The van der Waals surface area contributed by atoms with Gasteiger partial charge in [0.05, 0.1) is 19.1 Å². The second kappa shape index (κ2) is 5.61. The molecule has 0 amide bonds. The first kappa shape index (κ1) is 13.9. The minimum absolute atomic E-state index is 0.425. The van der Waals surface area contributed by atoms with Gasteiger partial charge in [0.25, 0.3) is 0 Å². The Hall–Kier alpha value is -1.55. The molecule has 1 saturated carbocycles. The molecule has 2 rings (SSSR count). The van der Waals surface area contributed by atoms with Crippen molar-refractivity contribution in [2.75, 3.05) is 14.2 Å². The van der Waals surface area contributed by atoms with E-state index in [4.69, 9.17) is 9.47 Å². The minimum Gasteiger partial charge on any atom is -0.497 e. The highest BCUT2D eigenvalue weighted by Gasteiger charge is 2.44. The first-order valence-electron chi connectivity index (χ1n) is 6.54. The molecule has 1 aliphatic carbocycles. The number of ether oxygens (including phenoxy) is 2. The fourth-order valence-corrected chi connectivity index (χ4v) is 2.99. The van der Waals surface area contributed by atoms with Crippen LogP contribution in [0.1, 0.15) is 36.8 Å². The van der Waals surface area contributed by atoms with E-state index in [0.717, 1.165) is 24.0 Å². The Morgan fingerprint density at radius 2 is 2.00 bits per heavy atom. The van der Waals surface area contributed by atoms with Crippen LogP contribution in [0.2, 0.25) is 0 Å². The molecule has 1 N–H and O–H groups in total. The van der Waals surface area contributed by atoms with Gasteiger partial charge in [-0.05, 0) is 36.1 Å². The van der Waals surface area contributed by atoms with Gasteiger partial charge >= 0.3 is 5.97 Å². The van der Waals surface area contributed by atoms with Crippen LogP contribution in [0.25, 0.3) is 0 Å². The molecule has 1 fully saturated rings. The van der Waals surface area contributed by atoms with E-state index in [-0.39, 0.29) is 0 Å². The van der Waals surface area contributed by atoms with Crippen LogP contribution in [0, 0.1) is 0 Å². The highest BCUT2D eigenvalue weighted by molar-refractivity contribution is 5.82. The second-order valence-corrected chi connectivity index (χ2v) is 5.05. The minimum atomic E-state index is -0.775. The van der Waals surface area contributed by atoms with Crippen molar-refractivity contribution in [1.29, 1.82) is 0 Å². The first-order valence-corrected chi connectivity index (χ1v) is 6.54. The summed E-state index contributed by atoms with van der Waals surface area (Å²) in [7, 11) is 3.22. The molecule has 0 aromatic heterocycles. The highest BCUT2D eigenvalue weighted by atomic mass is 16.5. The summed E-state index contributed by atoms with van der Waals surface area (Å²) >= 11 is 0. The number of methoxy groups -OCH3 is 2. The van der Waals surface area contributed by atoms with Crippen LogP contribution in [0.5, 0.6) is 5.75 Å². The molecule has 0 aliphatic heterocycles. The lowest BCUT2D eigenvalue weighted by Gasteiger charge is -2.27. The average Bonchev–Trinajstić information content (AvgIpc) is 2.90. The van der Waals surface area contributed by atoms with Gasteiger partial charge in [-0.2, -0.15) is 0 Å². The molecule has 104 valence electrons. The third kappa shape index (κ3) is 2.45. The van der Waals surface area contributed by atoms with Gasteiger partial charge in [-0.25, -0.2) is 0 Å². The highest BCUT2D eigenvalue weighted by Crippen LogP contribution is 2.44. The number of hydrogen-bond donors (Lipinski definition) is 1. The zero-order chi connectivity index (χ0) is 13.9. The van der Waals surface area contributed by atoms with Gasteiger partial charge in [-0.15, -0.1) is 0 Å². The van der Waals surface area contributed by atoms with Gasteiger partial charge in [0.15, 0.2) is 0 Å². The summed E-state index contributed by atoms with van der Waals surface area (Å²) in [5.41, 5.74) is 1.01. The predicted octanol–water partition coefficient (Wildman–Crippen LogP) is 2.74. The van der Waals surface area contributed by atoms with E-state index in [1.807, 2.05) is 18.2 Å². The van der Waals surface area contributed by atoms with Gasteiger partial charge in [0.1, 0.15) is 5.75 Å². The maximum absolute atomic E-state index is 11.8. The number of hydrogen-bond acceptors (Lipinski definition) is 3. The summed E-state index contributed by atoms with van der Waals surface area (Å²) in [4.78, 5) is 11.8. The van der Waals surface area contributed by atoms with E-state index < -0.39 is 11.4 Å². The normalized spacial score (nSPS) is 17.4. The van der Waals surface area contributed by atoms with Crippen LogP contribution in [-0.4, -0.2) is 25.3 Å². The Morgan fingerprint density at radius 3 is 2.53 bits per heavy atom. The number of aliphatic carboxylic acids is 1. The van der Waals surface area contributed by atoms with E-state index in [0.29, 0.717) is 25.2 Å². The maximum atomic E-state index is 11.8. The van der Waals surface area contributed by atoms with E-state index >= 15 is 0 Å². The summed E-state index contributed by atoms with van der Waals surface area (Å²) in [5, 5.41) is 9.69. The van der Waals surface area contributed by atoms with Crippen molar-refractivity contribution < 1.29 is 19.4 Å². The van der Waals surface area contributed by atoms with Crippen LogP contribution >= 0.6 is 0 Å². The van der Waals surface area contributed by atoms with Crippen LogP contribution in [-0.2, 0) is 21.6 Å². The van der Waals surface area contributed by atoms with Crippen molar-refractivity contribution in [2.24, 2.45) is 0 Å². The van der Waals surface area contributed by atoms with Gasteiger partial charge in [-0.3, -0.25) is 4.79 Å². The molecule has 0 unspecified atom stereocenters. The summed E-state index contributed by atoms with van der Waals surface area (Å²) < 4.78 is 10.4. The molecule has 0 heterocycles. The van der Waals surface area contributed by atoms with E-state index in [9.17, 15) is 9.90 Å². The van der Waals surface area contributed by atoms with Crippen LogP contribution < -0.4 is 4.74 Å². The molecule has 1 aliphatic rings. The smallest absolute Gasteiger partial charge is 0.314 e. The summed E-state index contributed by atoms with van der Waals surface area (Å²) in [6.07, 6.45) is 3.28. The molecule has 0 saturated heterocycles. The fourth-order valence-electron chi connectivity index (χ4n) is 2.99. The molecule has 4 heteroatoms. The molecule has 0 radical (unpaired) electrons. The molecular weight excluding hydrogens is 244 g/mol. The number of carbonyl (C=O) groups is 1. The Balaban J connectivity index is 2.53. The summed E-state index contributed by atoms with van der Waals surface area (Å²) in [6.45, 7) is 0.425. The van der Waals surface area contributed by atoms with Crippen molar-refractivity contribution in [1.82, 2.24) is 0 Å². The SMILES string of the molecule is COCc1ccc(OC)cc1C1(C(=O)O)CCCC1. The van der Waals surface area contributed by atoms with E-state index in [1.165, 1.54) is 0 Å². The maximum Gasteiger partial charge on any atom is 0.314 e. The molecule has 4 nitrogen and oxygen atoms in total. The zero-order valence-corrected chi connectivity index (χ0v) is 11.4. The summed E-state index contributed by atoms with van der Waals surface area (Å²) in [5.74, 6) is -0.0435. The van der Waals surface area contributed by atoms with Crippen LogP contribution in [0.15, 0.2) is 18.2 Å². The van der Waals surface area contributed by atoms with Crippen molar-refractivity contribution in [3.63, 3.8) is 0 Å². The Labute approximate surface area is 113 Å². The quantitative estimate of drug-likeness (QED) is 0.888. The topological polar surface area (TPSA) is 55.8 Å². The van der Waals surface area contributed by atoms with E-state index in [2.05, 4.69) is 0 Å². The number of carboxylic acids is 1. The third-order valence-electron chi connectivity index (χ3n) is 4.00. The van der Waals surface area contributed by atoms with Gasteiger partial charge in [-0.1, -0.05) is 18.9 Å². The van der Waals surface area contributed by atoms with Gasteiger partial charge in [0, 0.05) is 7.11 Å². The zero-order valence-electron chi connectivity index (χ0n) is 11.4. The summed E-state index contributed by atoms with van der Waals surface area (Å²) in [6, 6.07) is 5.61. The Kier molecular flexibility index (Phi) is 4.10. The molecule has 0 spiro atoms. The van der Waals surface area contributed by atoms with Gasteiger partial charge < -0.3 is 14.6 Å². The second-order valence-electron chi connectivity index (χ2n) is 5.05. The number of carboxylic acid groups (broad SMARTS) is 1. The first-order chi connectivity index (χ1) is 9.14. The van der Waals surface area contributed by atoms with Crippen LogP contribution in [0.3, 0.4) is 0 Å². The van der Waals surface area contributed by atoms with Crippen molar-refractivity contribution in [3.05, 3.63) is 29.3 Å². The standard InChI is InChI=1S/C15H20O4/c1-18-10-11-5-6-12(19-2)9-13(11)15(14(16)17)7-3-4-8-15/h5-6,9H,3-4,7-8,10H2,1-2H3,(H,16,17). The molecule has 0 atom stereocenters. The Morgan fingerprint density at radius 1 is 1.32 bits per heavy atom. The molecule has 1 aromatic carbocycles. The fraction of sp³-hybridized carbons (Fsp3) is 0.533.